The minimum absolute atomic E-state index is 0.00384. The van der Waals surface area contributed by atoms with Crippen molar-refractivity contribution in [3.8, 4) is 6.07 Å². The zero-order chi connectivity index (χ0) is 97.1. The quantitative estimate of drug-likeness (QED) is 0.0189. The van der Waals surface area contributed by atoms with Crippen LogP contribution in [0.2, 0.25) is 0 Å². The first kappa shape index (κ1) is 99.9. The van der Waals surface area contributed by atoms with Crippen molar-refractivity contribution in [3.05, 3.63) is 288 Å². The van der Waals surface area contributed by atoms with Crippen LogP contribution in [0, 0.1) is 25.2 Å². The van der Waals surface area contributed by atoms with E-state index in [-0.39, 0.29) is 95.5 Å². The molecule has 3 atom stereocenters. The molecule has 136 heavy (non-hydrogen) atoms. The second kappa shape index (κ2) is 45.2. The van der Waals surface area contributed by atoms with E-state index < -0.39 is 100 Å². The SMILES string of the molecule is Cc1cc(C(F)(F)F)cc2nc(NC(=O)C(Cc3ccc(C(=O)NCCC(=O)O)cc3)c3ccc(C4=CCCCC4)cc3)sc12.Cc1cc(C(F)(F)F)cc2nc(NC(=O)C(Cc3ccc(C(=O)NCCC(=O)O)cc3)c3ccc(C4CCCCC4)cc3)sc12.N#Cc1cc2sc(NC(=O)C(Cc3ccc(C(=O)NCCC(=O)O)cc3)c3ccc(C4CCCCC4)cc3)nc2cc1C(F)(F)F. The van der Waals surface area contributed by atoms with Crippen LogP contribution in [-0.2, 0) is 66.6 Å². The summed E-state index contributed by atoms with van der Waals surface area (Å²) in [6.45, 7) is 3.19. The number of hydrogen-bond acceptors (Lipinski definition) is 16. The second-order valence-corrected chi connectivity index (χ2v) is 37.0. The number of carbonyl (C=O) groups is 9. The van der Waals surface area contributed by atoms with Crippen LogP contribution in [-0.4, -0.2) is 103 Å². The van der Waals surface area contributed by atoms with Gasteiger partial charge in [-0.05, 0) is 236 Å². The molecular formula is C102H97F9N10O12S3. The van der Waals surface area contributed by atoms with E-state index in [4.69, 9.17) is 15.3 Å². The summed E-state index contributed by atoms with van der Waals surface area (Å²) in [5.74, 6) is -6.35. The molecule has 6 amide bonds. The number of anilines is 3. The number of carboxylic acid groups (broad SMARTS) is 3. The Kier molecular flexibility index (Phi) is 33.2. The van der Waals surface area contributed by atoms with E-state index in [1.165, 1.54) is 61.6 Å². The third kappa shape index (κ3) is 27.0. The number of aryl methyl sites for hydroxylation is 2. The smallest absolute Gasteiger partial charge is 0.417 e. The fraction of sp³-hybridized carbons (Fsp3) is 0.324. The van der Waals surface area contributed by atoms with Crippen LogP contribution in [0.5, 0.6) is 0 Å². The largest absolute Gasteiger partial charge is 0.481 e. The summed E-state index contributed by atoms with van der Waals surface area (Å²) in [5, 5.41) is 52.3. The highest BCUT2D eigenvalue weighted by Crippen LogP contribution is 2.43. The van der Waals surface area contributed by atoms with E-state index in [0.29, 0.717) is 60.2 Å². The lowest BCUT2D eigenvalue weighted by Crippen LogP contribution is -2.26. The Morgan fingerprint density at radius 1 is 0.419 bits per heavy atom. The average Bonchev–Trinajstić information content (AvgIpc) is 1.66. The van der Waals surface area contributed by atoms with Gasteiger partial charge in [0.25, 0.3) is 17.7 Å². The van der Waals surface area contributed by atoms with Crippen molar-refractivity contribution < 1.29 is 98.0 Å². The number of rotatable bonds is 30. The van der Waals surface area contributed by atoms with Crippen molar-refractivity contribution in [2.45, 2.75) is 190 Å². The first-order chi connectivity index (χ1) is 65.0. The predicted molar refractivity (Wildman–Crippen MR) is 504 cm³/mol. The van der Waals surface area contributed by atoms with Crippen molar-refractivity contribution in [3.63, 3.8) is 0 Å². The van der Waals surface area contributed by atoms with Crippen LogP contribution in [0.25, 0.3) is 36.2 Å². The van der Waals surface area contributed by atoms with Gasteiger partial charge in [-0.3, -0.25) is 43.2 Å². The zero-order valence-electron chi connectivity index (χ0n) is 74.0. The van der Waals surface area contributed by atoms with Gasteiger partial charge in [0.1, 0.15) is 0 Å². The van der Waals surface area contributed by atoms with E-state index >= 15 is 0 Å². The molecule has 0 bridgehead atoms. The molecule has 2 saturated carbocycles. The number of aliphatic carboxylic acids is 3. The first-order valence-electron chi connectivity index (χ1n) is 44.5. The molecular weight excluding hydrogens is 1820 g/mol. The lowest BCUT2D eigenvalue weighted by atomic mass is 9.83. The summed E-state index contributed by atoms with van der Waals surface area (Å²) in [6, 6.07) is 51.8. The van der Waals surface area contributed by atoms with E-state index in [9.17, 15) is 87.9 Å². The van der Waals surface area contributed by atoms with Crippen molar-refractivity contribution in [2.24, 2.45) is 0 Å². The van der Waals surface area contributed by atoms with E-state index in [1.54, 1.807) is 92.7 Å². The number of hydrogen-bond donors (Lipinski definition) is 9. The van der Waals surface area contributed by atoms with Gasteiger partial charge in [0.2, 0.25) is 17.7 Å². The average molecular weight is 1920 g/mol. The highest BCUT2D eigenvalue weighted by molar-refractivity contribution is 7.23. The lowest BCUT2D eigenvalue weighted by Gasteiger charge is -2.23. The molecule has 3 aliphatic rings. The molecule has 3 unspecified atom stereocenters. The molecule has 0 aliphatic heterocycles. The van der Waals surface area contributed by atoms with E-state index in [2.05, 4.69) is 77.2 Å². The van der Waals surface area contributed by atoms with Gasteiger partial charge in [-0.1, -0.05) is 188 Å². The van der Waals surface area contributed by atoms with Crippen LogP contribution in [0.4, 0.5) is 54.9 Å². The summed E-state index contributed by atoms with van der Waals surface area (Å²) < 4.78 is 122. The summed E-state index contributed by atoms with van der Waals surface area (Å²) in [6.07, 6.45) is 4.98. The number of halogens is 9. The second-order valence-electron chi connectivity index (χ2n) is 33.9. The number of nitrogens with zero attached hydrogens (tertiary/aromatic N) is 4. The molecule has 3 aromatic heterocycles. The topological polar surface area (TPSA) is 349 Å². The molecule has 708 valence electrons. The molecule has 15 rings (SSSR count). The molecule has 9 N–H and O–H groups in total. The monoisotopic (exact) mass is 1920 g/mol. The molecule has 22 nitrogen and oxygen atoms in total. The number of nitriles is 1. The van der Waals surface area contributed by atoms with Crippen molar-refractivity contribution in [1.82, 2.24) is 30.9 Å². The Labute approximate surface area is 788 Å². The van der Waals surface area contributed by atoms with Gasteiger partial charge in [0.05, 0.1) is 96.0 Å². The number of carbonyl (C=O) groups excluding carboxylic acids is 6. The number of allylic oxidation sites excluding steroid dienone is 2. The van der Waals surface area contributed by atoms with Gasteiger partial charge in [-0.25, -0.2) is 15.0 Å². The fourth-order valence-electron chi connectivity index (χ4n) is 17.0. The maximum atomic E-state index is 13.8. The Balaban J connectivity index is 0.000000173. The van der Waals surface area contributed by atoms with Crippen LogP contribution in [0.15, 0.2) is 188 Å². The standard InChI is InChI=1S/C34H31F3N4O4S.C34H34F3N3O4S.C34H32F3N3O4S/c35-34(36,37)27-18-28-29(17-25(27)19-38)46-33(40-28)41-32(45)26(23-12-10-22(11-13-23)21-4-2-1-3-5-21)16-20-6-8-24(9-7-20)31(44)39-15-14-30(42)43;2*1-20-17-26(34(35,36)37)19-28-30(20)45-33(39-28)40-32(44)27(24-13-11-23(12-14-24)22-5-3-2-4-6-22)18-21-7-9-25(10-8-21)31(43)38-16-15-29(41)42/h6-13,17-18,21,26H,1-5,14-16H2,(H,39,44)(H,42,43)(H,40,41,45);7-14,17,19,22,27H,2-6,15-16,18H2,1H3,(H,38,43)(H,41,42)(H,39,40,44);5,7-14,17,19,27H,2-4,6,15-16,18H2,1H3,(H,38,43)(H,41,42)(H,39,40,44). The first-order valence-corrected chi connectivity index (χ1v) is 47.0. The number of amides is 6. The number of aromatic nitrogens is 3. The summed E-state index contributed by atoms with van der Waals surface area (Å²) in [5.41, 5.74) is 8.62. The summed E-state index contributed by atoms with van der Waals surface area (Å²) in [7, 11) is 0. The van der Waals surface area contributed by atoms with Crippen molar-refractivity contribution in [2.75, 3.05) is 35.6 Å². The van der Waals surface area contributed by atoms with E-state index in [1.807, 2.05) is 48.5 Å². The maximum absolute atomic E-state index is 13.8. The highest BCUT2D eigenvalue weighted by Gasteiger charge is 2.37. The van der Waals surface area contributed by atoms with Crippen molar-refractivity contribution in [1.29, 1.82) is 5.26 Å². The van der Waals surface area contributed by atoms with Gasteiger partial charge >= 0.3 is 36.4 Å². The minimum Gasteiger partial charge on any atom is -0.481 e. The molecule has 0 saturated heterocycles. The molecule has 0 radical (unpaired) electrons. The lowest BCUT2D eigenvalue weighted by molar-refractivity contribution is -0.138. The number of alkyl halides is 9. The predicted octanol–water partition coefficient (Wildman–Crippen LogP) is 23.0. The number of carboxylic acids is 3. The third-order valence-corrected chi connectivity index (χ3v) is 27.4. The molecule has 3 aliphatic carbocycles. The summed E-state index contributed by atoms with van der Waals surface area (Å²) in [4.78, 5) is 124. The van der Waals surface area contributed by atoms with Crippen LogP contribution < -0.4 is 31.9 Å². The molecule has 9 aromatic carbocycles. The van der Waals surface area contributed by atoms with Crippen LogP contribution >= 0.6 is 34.0 Å². The van der Waals surface area contributed by atoms with Gasteiger partial charge in [-0.2, -0.15) is 44.8 Å². The molecule has 12 aromatic rings. The molecule has 34 heteroatoms. The number of fused-ring (bicyclic) bond motifs is 3. The Morgan fingerprint density at radius 2 is 0.772 bits per heavy atom. The zero-order valence-corrected chi connectivity index (χ0v) is 76.4. The Hall–Kier alpha value is -13.5. The Bertz CT molecular complexity index is 6420. The van der Waals surface area contributed by atoms with Gasteiger partial charge in [-0.15, -0.1) is 0 Å². The molecule has 0 spiro atoms. The van der Waals surface area contributed by atoms with E-state index in [0.717, 1.165) is 154 Å². The molecule has 2 fully saturated rings. The minimum atomic E-state index is -4.73. The van der Waals surface area contributed by atoms with Gasteiger partial charge in [0, 0.05) is 36.3 Å². The fourth-order valence-corrected chi connectivity index (χ4v) is 19.7. The maximum Gasteiger partial charge on any atom is 0.417 e. The van der Waals surface area contributed by atoms with Crippen LogP contribution in [0.3, 0.4) is 0 Å². The normalized spacial score (nSPS) is 14.4. The molecule has 3 heterocycles. The Morgan fingerprint density at radius 3 is 1.10 bits per heavy atom. The van der Waals surface area contributed by atoms with Crippen molar-refractivity contribution >= 4 is 139 Å². The van der Waals surface area contributed by atoms with Crippen LogP contribution in [0.1, 0.15) is 253 Å². The summed E-state index contributed by atoms with van der Waals surface area (Å²) >= 11 is 3.24. The number of thiazole rings is 3. The number of nitrogens with one attached hydrogen (secondary N) is 6. The van der Waals surface area contributed by atoms with Gasteiger partial charge < -0.3 is 47.2 Å². The third-order valence-electron chi connectivity index (χ3n) is 24.2. The number of benzene rings is 9. The van der Waals surface area contributed by atoms with Gasteiger partial charge in [0.15, 0.2) is 15.4 Å². The highest BCUT2D eigenvalue weighted by atomic mass is 32.1.